The van der Waals surface area contributed by atoms with Gasteiger partial charge in [-0.2, -0.15) is 0 Å². The van der Waals surface area contributed by atoms with Crippen molar-refractivity contribution in [2.24, 2.45) is 5.92 Å². The van der Waals surface area contributed by atoms with E-state index >= 15 is 0 Å². The largest absolute Gasteiger partial charge is 0.375 e. The number of fused-ring (bicyclic) bond motifs is 2. The van der Waals surface area contributed by atoms with E-state index in [1.165, 1.54) is 25.7 Å². The molecule has 0 N–H and O–H groups in total. The van der Waals surface area contributed by atoms with E-state index in [1.54, 1.807) is 0 Å². The zero-order valence-electron chi connectivity index (χ0n) is 6.02. The van der Waals surface area contributed by atoms with Crippen molar-refractivity contribution in [3.05, 3.63) is 0 Å². The summed E-state index contributed by atoms with van der Waals surface area (Å²) < 4.78 is 5.66. The topological polar surface area (TPSA) is 9.23 Å². The maximum absolute atomic E-state index is 5.66. The Morgan fingerprint density at radius 1 is 1.56 bits per heavy atom. The lowest BCUT2D eigenvalue weighted by molar-refractivity contribution is 0.0148. The molecule has 1 heteroatoms. The quantitative estimate of drug-likeness (QED) is 0.482. The van der Waals surface area contributed by atoms with Crippen molar-refractivity contribution < 1.29 is 4.74 Å². The molecule has 1 heterocycles. The van der Waals surface area contributed by atoms with E-state index in [9.17, 15) is 0 Å². The van der Waals surface area contributed by atoms with Crippen molar-refractivity contribution >= 4 is 0 Å². The molecule has 2 unspecified atom stereocenters. The average molecular weight is 126 g/mol. The van der Waals surface area contributed by atoms with Crippen LogP contribution in [0.2, 0.25) is 0 Å². The van der Waals surface area contributed by atoms with Crippen LogP contribution in [0.25, 0.3) is 0 Å². The minimum absolute atomic E-state index is 0.295. The summed E-state index contributed by atoms with van der Waals surface area (Å²) >= 11 is 0. The van der Waals surface area contributed by atoms with Gasteiger partial charge in [-0.1, -0.05) is 6.42 Å². The maximum Gasteiger partial charge on any atom is 0.0658 e. The molecule has 2 bridgehead atoms. The summed E-state index contributed by atoms with van der Waals surface area (Å²) in [5.41, 5.74) is 0.295. The van der Waals surface area contributed by atoms with Crippen molar-refractivity contribution in [3.63, 3.8) is 0 Å². The summed E-state index contributed by atoms with van der Waals surface area (Å²) in [5, 5.41) is 0. The van der Waals surface area contributed by atoms with Crippen LogP contribution in [0.15, 0.2) is 0 Å². The molecule has 0 spiro atoms. The maximum atomic E-state index is 5.66. The summed E-state index contributed by atoms with van der Waals surface area (Å²) in [4.78, 5) is 0. The first-order chi connectivity index (χ1) is 4.29. The van der Waals surface area contributed by atoms with Gasteiger partial charge in [0.05, 0.1) is 12.2 Å². The molecule has 2 aliphatic rings. The molecule has 0 aromatic heterocycles. The molecule has 0 aromatic rings. The van der Waals surface area contributed by atoms with Crippen molar-refractivity contribution in [2.45, 2.75) is 38.2 Å². The van der Waals surface area contributed by atoms with Gasteiger partial charge in [0.2, 0.25) is 0 Å². The second kappa shape index (κ2) is 1.72. The van der Waals surface area contributed by atoms with Gasteiger partial charge in [-0.15, -0.1) is 0 Å². The van der Waals surface area contributed by atoms with Crippen molar-refractivity contribution in [2.75, 3.05) is 6.61 Å². The first-order valence-electron chi connectivity index (χ1n) is 3.92. The van der Waals surface area contributed by atoms with Gasteiger partial charge in [-0.3, -0.25) is 0 Å². The highest BCUT2D eigenvalue weighted by molar-refractivity contribution is 4.89. The third-order valence-electron chi connectivity index (χ3n) is 2.71. The highest BCUT2D eigenvalue weighted by Gasteiger charge is 2.38. The Balaban J connectivity index is 2.13. The normalized spacial score (nSPS) is 49.7. The van der Waals surface area contributed by atoms with E-state index in [2.05, 4.69) is 6.92 Å². The van der Waals surface area contributed by atoms with Crippen LogP contribution in [0, 0.1) is 5.92 Å². The summed E-state index contributed by atoms with van der Waals surface area (Å²) in [6, 6.07) is 0. The van der Waals surface area contributed by atoms with E-state index in [0.29, 0.717) is 5.60 Å². The molecule has 0 amide bonds. The van der Waals surface area contributed by atoms with Crippen molar-refractivity contribution in [1.82, 2.24) is 0 Å². The Labute approximate surface area is 56.4 Å². The Kier molecular flexibility index (Phi) is 1.10. The fourth-order valence-corrected chi connectivity index (χ4v) is 2.17. The number of hydrogen-bond acceptors (Lipinski definition) is 1. The minimum Gasteiger partial charge on any atom is -0.375 e. The Hall–Kier alpha value is -0.0400. The predicted molar refractivity (Wildman–Crippen MR) is 36.3 cm³/mol. The van der Waals surface area contributed by atoms with Crippen LogP contribution < -0.4 is 0 Å². The molecule has 2 fully saturated rings. The van der Waals surface area contributed by atoms with Crippen LogP contribution >= 0.6 is 0 Å². The van der Waals surface area contributed by atoms with Crippen LogP contribution in [0.4, 0.5) is 0 Å². The van der Waals surface area contributed by atoms with Gasteiger partial charge >= 0.3 is 0 Å². The van der Waals surface area contributed by atoms with Crippen LogP contribution in [-0.4, -0.2) is 12.2 Å². The first-order valence-corrected chi connectivity index (χ1v) is 3.92. The minimum atomic E-state index is 0.295. The molecule has 1 nitrogen and oxygen atoms in total. The van der Waals surface area contributed by atoms with Crippen LogP contribution in [0.3, 0.4) is 0 Å². The molecule has 52 valence electrons. The lowest BCUT2D eigenvalue weighted by Gasteiger charge is -2.26. The number of ether oxygens (including phenoxy) is 1. The van der Waals surface area contributed by atoms with Gasteiger partial charge < -0.3 is 4.74 Å². The van der Waals surface area contributed by atoms with Crippen molar-refractivity contribution in [3.8, 4) is 0 Å². The third kappa shape index (κ3) is 0.877. The van der Waals surface area contributed by atoms with Gasteiger partial charge in [-0.25, -0.2) is 0 Å². The lowest BCUT2D eigenvalue weighted by atomic mass is 9.83. The molecule has 9 heavy (non-hydrogen) atoms. The summed E-state index contributed by atoms with van der Waals surface area (Å²) in [7, 11) is 0. The predicted octanol–water partition coefficient (Wildman–Crippen LogP) is 1.97. The van der Waals surface area contributed by atoms with Gasteiger partial charge in [0.25, 0.3) is 0 Å². The molecule has 2 atom stereocenters. The summed E-state index contributed by atoms with van der Waals surface area (Å²) in [6.07, 6.45) is 5.42. The number of rotatable bonds is 0. The van der Waals surface area contributed by atoms with Gasteiger partial charge in [-0.05, 0) is 32.1 Å². The smallest absolute Gasteiger partial charge is 0.0658 e. The molecular weight excluding hydrogens is 112 g/mol. The third-order valence-corrected chi connectivity index (χ3v) is 2.71. The average Bonchev–Trinajstić information content (AvgIpc) is 2.07. The fraction of sp³-hybridized carbons (Fsp3) is 1.00. The fourth-order valence-electron chi connectivity index (χ4n) is 2.17. The Morgan fingerprint density at radius 2 is 2.44 bits per heavy atom. The summed E-state index contributed by atoms with van der Waals surface area (Å²) in [6.45, 7) is 3.29. The molecule has 1 saturated carbocycles. The molecule has 1 saturated heterocycles. The second-order valence-electron chi connectivity index (χ2n) is 3.72. The van der Waals surface area contributed by atoms with E-state index in [-0.39, 0.29) is 0 Å². The Morgan fingerprint density at radius 3 is 3.11 bits per heavy atom. The van der Waals surface area contributed by atoms with Crippen molar-refractivity contribution in [1.29, 1.82) is 0 Å². The zero-order chi connectivity index (χ0) is 6.32. The monoisotopic (exact) mass is 126 g/mol. The highest BCUT2D eigenvalue weighted by atomic mass is 16.5. The van der Waals surface area contributed by atoms with Crippen LogP contribution in [0.5, 0.6) is 0 Å². The number of hydrogen-bond donors (Lipinski definition) is 0. The van der Waals surface area contributed by atoms with Gasteiger partial charge in [0.15, 0.2) is 0 Å². The van der Waals surface area contributed by atoms with Crippen LogP contribution in [-0.2, 0) is 4.74 Å². The van der Waals surface area contributed by atoms with Gasteiger partial charge in [0.1, 0.15) is 0 Å². The molecule has 2 rings (SSSR count). The highest BCUT2D eigenvalue weighted by Crippen LogP contribution is 2.40. The second-order valence-corrected chi connectivity index (χ2v) is 3.72. The molecule has 0 radical (unpaired) electrons. The van der Waals surface area contributed by atoms with E-state index in [4.69, 9.17) is 4.74 Å². The Bertz CT molecular complexity index is 118. The van der Waals surface area contributed by atoms with Crippen LogP contribution in [0.1, 0.15) is 32.6 Å². The summed E-state index contributed by atoms with van der Waals surface area (Å²) in [5.74, 6) is 0.906. The molecule has 1 aliphatic heterocycles. The van der Waals surface area contributed by atoms with E-state index < -0.39 is 0 Å². The zero-order valence-corrected chi connectivity index (χ0v) is 6.02. The lowest BCUT2D eigenvalue weighted by Crippen LogP contribution is -2.25. The van der Waals surface area contributed by atoms with Gasteiger partial charge in [0, 0.05) is 0 Å². The standard InChI is InChI=1S/C8H14O/c1-8-4-2-3-7(5-8)6-9-8/h7H,2-6H2,1H3. The SMILES string of the molecule is CC12CCCC(CO1)C2. The first kappa shape index (κ1) is 5.72. The molecule has 0 aromatic carbocycles. The molecular formula is C8H14O. The molecule has 1 aliphatic carbocycles. The van der Waals surface area contributed by atoms with E-state index in [1.807, 2.05) is 0 Å². The van der Waals surface area contributed by atoms with E-state index in [0.717, 1.165) is 12.5 Å².